The van der Waals surface area contributed by atoms with Gasteiger partial charge >= 0.3 is 0 Å². The zero-order valence-electron chi connectivity index (χ0n) is 11.2. The van der Waals surface area contributed by atoms with Gasteiger partial charge in [-0.25, -0.2) is 0 Å². The first kappa shape index (κ1) is 13.4. The molecule has 5 heteroatoms. The van der Waals surface area contributed by atoms with Gasteiger partial charge < -0.3 is 15.0 Å². The second kappa shape index (κ2) is 5.73. The zero-order valence-corrected chi connectivity index (χ0v) is 11.2. The molecule has 0 atom stereocenters. The number of ketones is 1. The van der Waals surface area contributed by atoms with Gasteiger partial charge in [0.25, 0.3) is 0 Å². The second-order valence-corrected chi connectivity index (χ2v) is 4.54. The SMILES string of the molecule is COc1cccc(N2CCCNC(=O)C2)c1C(C)=O. The smallest absolute Gasteiger partial charge is 0.239 e. The number of carbonyl (C=O) groups is 2. The Kier molecular flexibility index (Phi) is 4.04. The van der Waals surface area contributed by atoms with E-state index in [2.05, 4.69) is 5.32 Å². The van der Waals surface area contributed by atoms with E-state index < -0.39 is 0 Å². The normalized spacial score (nSPS) is 15.7. The van der Waals surface area contributed by atoms with Crippen LogP contribution >= 0.6 is 0 Å². The molecule has 1 aliphatic heterocycles. The molecule has 1 aliphatic rings. The summed E-state index contributed by atoms with van der Waals surface area (Å²) in [6.45, 7) is 3.20. The molecular weight excluding hydrogens is 244 g/mol. The highest BCUT2D eigenvalue weighted by molar-refractivity contribution is 6.03. The number of benzene rings is 1. The van der Waals surface area contributed by atoms with Crippen LogP contribution in [0.1, 0.15) is 23.7 Å². The van der Waals surface area contributed by atoms with Crippen molar-refractivity contribution in [2.75, 3.05) is 31.6 Å². The molecule has 1 amide bonds. The van der Waals surface area contributed by atoms with Gasteiger partial charge in [0.15, 0.2) is 5.78 Å². The Bertz CT molecular complexity index is 499. The molecule has 1 aromatic rings. The van der Waals surface area contributed by atoms with Gasteiger partial charge in [-0.05, 0) is 25.5 Å². The van der Waals surface area contributed by atoms with Gasteiger partial charge in [0.05, 0.1) is 24.9 Å². The first-order valence-corrected chi connectivity index (χ1v) is 6.33. The van der Waals surface area contributed by atoms with E-state index in [0.29, 0.717) is 17.9 Å². The minimum Gasteiger partial charge on any atom is -0.496 e. The summed E-state index contributed by atoms with van der Waals surface area (Å²) in [5, 5.41) is 2.82. The van der Waals surface area contributed by atoms with Crippen molar-refractivity contribution in [2.45, 2.75) is 13.3 Å². The Morgan fingerprint density at radius 1 is 1.42 bits per heavy atom. The minimum atomic E-state index is -0.0582. The van der Waals surface area contributed by atoms with Gasteiger partial charge in [-0.2, -0.15) is 0 Å². The highest BCUT2D eigenvalue weighted by atomic mass is 16.5. The van der Waals surface area contributed by atoms with Crippen LogP contribution in [0, 0.1) is 0 Å². The molecule has 2 rings (SSSR count). The summed E-state index contributed by atoms with van der Waals surface area (Å²) in [5.74, 6) is 0.474. The third kappa shape index (κ3) is 2.86. The molecule has 5 nitrogen and oxygen atoms in total. The average molecular weight is 262 g/mol. The van der Waals surface area contributed by atoms with E-state index in [9.17, 15) is 9.59 Å². The van der Waals surface area contributed by atoms with Crippen molar-refractivity contribution in [3.63, 3.8) is 0 Å². The lowest BCUT2D eigenvalue weighted by Crippen LogP contribution is -2.33. The molecular formula is C14H18N2O3. The maximum absolute atomic E-state index is 11.8. The van der Waals surface area contributed by atoms with Gasteiger partial charge in [-0.1, -0.05) is 6.07 Å². The highest BCUT2D eigenvalue weighted by Crippen LogP contribution is 2.30. The summed E-state index contributed by atoms with van der Waals surface area (Å²) >= 11 is 0. The van der Waals surface area contributed by atoms with Crippen LogP contribution in [-0.2, 0) is 4.79 Å². The highest BCUT2D eigenvalue weighted by Gasteiger charge is 2.21. The summed E-state index contributed by atoms with van der Waals surface area (Å²) in [6, 6.07) is 5.46. The first-order valence-electron chi connectivity index (χ1n) is 6.33. The molecule has 0 aliphatic carbocycles. The number of hydrogen-bond acceptors (Lipinski definition) is 4. The van der Waals surface area contributed by atoms with Crippen LogP contribution in [0.2, 0.25) is 0 Å². The monoisotopic (exact) mass is 262 g/mol. The molecule has 19 heavy (non-hydrogen) atoms. The van der Waals surface area contributed by atoms with Crippen LogP contribution < -0.4 is 15.0 Å². The molecule has 0 aromatic heterocycles. The first-order chi connectivity index (χ1) is 9.13. The van der Waals surface area contributed by atoms with Crippen LogP contribution in [0.25, 0.3) is 0 Å². The predicted octanol–water partition coefficient (Wildman–Crippen LogP) is 1.22. The second-order valence-electron chi connectivity index (χ2n) is 4.54. The fourth-order valence-electron chi connectivity index (χ4n) is 2.32. The molecule has 0 radical (unpaired) electrons. The Balaban J connectivity index is 2.42. The van der Waals surface area contributed by atoms with E-state index in [1.54, 1.807) is 13.2 Å². The summed E-state index contributed by atoms with van der Waals surface area (Å²) in [6.07, 6.45) is 0.861. The van der Waals surface area contributed by atoms with Gasteiger partial charge in [0.1, 0.15) is 5.75 Å². The lowest BCUT2D eigenvalue weighted by Gasteiger charge is -2.24. The Morgan fingerprint density at radius 2 is 2.21 bits per heavy atom. The summed E-state index contributed by atoms with van der Waals surface area (Å²) < 4.78 is 5.25. The van der Waals surface area contributed by atoms with Gasteiger partial charge in [-0.15, -0.1) is 0 Å². The van der Waals surface area contributed by atoms with Gasteiger partial charge in [-0.3, -0.25) is 9.59 Å². The minimum absolute atomic E-state index is 0.0187. The predicted molar refractivity (Wildman–Crippen MR) is 72.8 cm³/mol. The van der Waals surface area contributed by atoms with Crippen LogP contribution in [0.4, 0.5) is 5.69 Å². The van der Waals surface area contributed by atoms with Crippen LogP contribution in [-0.4, -0.2) is 38.4 Å². The quantitative estimate of drug-likeness (QED) is 0.832. The maximum atomic E-state index is 11.8. The van der Waals surface area contributed by atoms with Crippen molar-refractivity contribution in [2.24, 2.45) is 0 Å². The van der Waals surface area contributed by atoms with Crippen LogP contribution in [0.3, 0.4) is 0 Å². The van der Waals surface area contributed by atoms with E-state index in [-0.39, 0.29) is 18.2 Å². The van der Waals surface area contributed by atoms with Crippen molar-refractivity contribution < 1.29 is 14.3 Å². The molecule has 1 N–H and O–H groups in total. The molecule has 0 saturated carbocycles. The molecule has 1 heterocycles. The van der Waals surface area contributed by atoms with Gasteiger partial charge in [0, 0.05) is 13.1 Å². The van der Waals surface area contributed by atoms with Crippen molar-refractivity contribution in [1.82, 2.24) is 5.32 Å². The van der Waals surface area contributed by atoms with Crippen molar-refractivity contribution >= 4 is 17.4 Å². The summed E-state index contributed by atoms with van der Waals surface area (Å²) in [7, 11) is 1.54. The van der Waals surface area contributed by atoms with E-state index in [1.807, 2.05) is 17.0 Å². The van der Waals surface area contributed by atoms with Crippen LogP contribution in [0.5, 0.6) is 5.75 Å². The molecule has 0 bridgehead atoms. The third-order valence-electron chi connectivity index (χ3n) is 3.18. The molecule has 0 unspecified atom stereocenters. The molecule has 1 aromatic carbocycles. The summed E-state index contributed by atoms with van der Waals surface area (Å²) in [5.41, 5.74) is 1.31. The van der Waals surface area contributed by atoms with E-state index in [1.165, 1.54) is 6.92 Å². The number of carbonyl (C=O) groups excluding carboxylic acids is 2. The topological polar surface area (TPSA) is 58.6 Å². The maximum Gasteiger partial charge on any atom is 0.239 e. The van der Waals surface area contributed by atoms with Crippen molar-refractivity contribution in [1.29, 1.82) is 0 Å². The largest absolute Gasteiger partial charge is 0.496 e. The fraction of sp³-hybridized carbons (Fsp3) is 0.429. The Morgan fingerprint density at radius 3 is 2.89 bits per heavy atom. The molecule has 0 spiro atoms. The van der Waals surface area contributed by atoms with Crippen molar-refractivity contribution in [3.05, 3.63) is 23.8 Å². The standard InChI is InChI=1S/C14H18N2O3/c1-10(17)14-11(5-3-6-12(14)19-2)16-8-4-7-15-13(18)9-16/h3,5-6H,4,7-9H2,1-2H3,(H,15,18). The third-order valence-corrected chi connectivity index (χ3v) is 3.18. The number of methoxy groups -OCH3 is 1. The Labute approximate surface area is 112 Å². The fourth-order valence-corrected chi connectivity index (χ4v) is 2.32. The number of Topliss-reactive ketones (excluding diaryl/α,β-unsaturated/α-hetero) is 1. The van der Waals surface area contributed by atoms with Crippen LogP contribution in [0.15, 0.2) is 18.2 Å². The lowest BCUT2D eigenvalue weighted by molar-refractivity contribution is -0.119. The Hall–Kier alpha value is -2.04. The molecule has 1 fully saturated rings. The number of anilines is 1. The van der Waals surface area contributed by atoms with Crippen molar-refractivity contribution in [3.8, 4) is 5.75 Å². The number of hydrogen-bond donors (Lipinski definition) is 1. The molecule has 1 saturated heterocycles. The molecule has 102 valence electrons. The lowest BCUT2D eigenvalue weighted by atomic mass is 10.1. The number of ether oxygens (including phenoxy) is 1. The van der Waals surface area contributed by atoms with E-state index in [0.717, 1.165) is 18.7 Å². The number of nitrogens with one attached hydrogen (secondary N) is 1. The summed E-state index contributed by atoms with van der Waals surface area (Å²) in [4.78, 5) is 25.4. The number of amides is 1. The average Bonchev–Trinajstić information content (AvgIpc) is 2.62. The number of rotatable bonds is 3. The zero-order chi connectivity index (χ0) is 13.8. The number of nitrogens with zero attached hydrogens (tertiary/aromatic N) is 1. The van der Waals surface area contributed by atoms with E-state index >= 15 is 0 Å². The van der Waals surface area contributed by atoms with Gasteiger partial charge in [0.2, 0.25) is 5.91 Å². The van der Waals surface area contributed by atoms with E-state index in [4.69, 9.17) is 4.74 Å².